The van der Waals surface area contributed by atoms with Gasteiger partial charge in [0.2, 0.25) is 0 Å². The number of hydrogen-bond acceptors (Lipinski definition) is 1. The normalized spacial score (nSPS) is 11.2. The molecule has 0 N–H and O–H groups in total. The van der Waals surface area contributed by atoms with Crippen molar-refractivity contribution in [1.82, 2.24) is 0 Å². The average Bonchev–Trinajstić information content (AvgIpc) is 2.79. The molecule has 0 spiro atoms. The minimum Gasteiger partial charge on any atom is -0.298 e. The first-order valence-electron chi connectivity index (χ1n) is 9.52. The maximum Gasteiger partial charge on any atom is 0.152 e. The summed E-state index contributed by atoms with van der Waals surface area (Å²) in [6, 6.07) is 36.4. The molecule has 0 aliphatic heterocycles. The van der Waals surface area contributed by atoms with Crippen LogP contribution in [0, 0.1) is 5.82 Å². The van der Waals surface area contributed by atoms with Crippen LogP contribution in [0.5, 0.6) is 0 Å². The third kappa shape index (κ3) is 3.77. The van der Waals surface area contributed by atoms with Gasteiger partial charge in [-0.3, -0.25) is 4.79 Å². The number of hydrogen-bond donors (Lipinski definition) is 0. The Balaban J connectivity index is 1.97. The Morgan fingerprint density at radius 2 is 1.10 bits per heavy atom. The van der Waals surface area contributed by atoms with Crippen molar-refractivity contribution in [3.8, 4) is 0 Å². The van der Waals surface area contributed by atoms with Crippen LogP contribution in [0.2, 0.25) is 0 Å². The summed E-state index contributed by atoms with van der Waals surface area (Å²) in [7, 11) is -2.07. The topological polar surface area (TPSA) is 17.1 Å². The van der Waals surface area contributed by atoms with Crippen LogP contribution in [0.3, 0.4) is 0 Å². The Kier molecular flexibility index (Phi) is 5.64. The lowest BCUT2D eigenvalue weighted by Crippen LogP contribution is -2.32. The second-order valence-corrected chi connectivity index (χ2v) is 10.4. The van der Waals surface area contributed by atoms with E-state index < -0.39 is 13.1 Å². The highest BCUT2D eigenvalue weighted by Gasteiger charge is 2.45. The van der Waals surface area contributed by atoms with Crippen molar-refractivity contribution in [2.75, 3.05) is 0 Å². The lowest BCUT2D eigenvalue weighted by atomic mass is 10.1. The molecule has 0 saturated heterocycles. The molecule has 0 amide bonds. The van der Waals surface area contributed by atoms with Crippen LogP contribution in [0.4, 0.5) is 4.39 Å². The van der Waals surface area contributed by atoms with Gasteiger partial charge in [0.05, 0.1) is 11.7 Å². The Labute approximate surface area is 171 Å². The second-order valence-electron chi connectivity index (χ2n) is 6.95. The summed E-state index contributed by atoms with van der Waals surface area (Å²) in [5.74, 6) is -0.468. The van der Waals surface area contributed by atoms with Gasteiger partial charge in [-0.25, -0.2) is 4.39 Å². The molecule has 142 valence electrons. The molecule has 0 saturated carbocycles. The third-order valence-electron chi connectivity index (χ3n) is 5.20. The van der Waals surface area contributed by atoms with E-state index in [9.17, 15) is 9.18 Å². The minimum atomic E-state index is -2.07. The molecule has 0 atom stereocenters. The van der Waals surface area contributed by atoms with E-state index in [4.69, 9.17) is 0 Å². The van der Waals surface area contributed by atoms with Gasteiger partial charge < -0.3 is 0 Å². The molecule has 29 heavy (non-hydrogen) atoms. The zero-order valence-corrected chi connectivity index (χ0v) is 16.8. The van der Waals surface area contributed by atoms with Gasteiger partial charge in [0.1, 0.15) is 29.0 Å². The van der Waals surface area contributed by atoms with E-state index in [1.807, 2.05) is 24.3 Å². The van der Waals surface area contributed by atoms with Crippen molar-refractivity contribution in [2.24, 2.45) is 0 Å². The molecule has 0 fully saturated rings. The molecule has 4 rings (SSSR count). The molecule has 0 aromatic heterocycles. The fraction of sp³-hybridized carbons (Fsp3) is 0.0385. The summed E-state index contributed by atoms with van der Waals surface area (Å²) in [6.45, 7) is 0. The lowest BCUT2D eigenvalue weighted by molar-refractivity contribution is 0.112. The Morgan fingerprint density at radius 3 is 1.48 bits per heavy atom. The van der Waals surface area contributed by atoms with Gasteiger partial charge in [-0.05, 0) is 54.1 Å². The van der Waals surface area contributed by atoms with Crippen LogP contribution >= 0.6 is 7.26 Å². The smallest absolute Gasteiger partial charge is 0.152 e. The maximum atomic E-state index is 14.4. The van der Waals surface area contributed by atoms with Crippen LogP contribution in [0.15, 0.2) is 109 Å². The number of carbonyl (C=O) groups excluding carboxylic acids is 1. The molecule has 0 bridgehead atoms. The van der Waals surface area contributed by atoms with Crippen molar-refractivity contribution in [1.29, 1.82) is 0 Å². The molecule has 0 heterocycles. The van der Waals surface area contributed by atoms with Crippen LogP contribution in [-0.4, -0.2) is 6.29 Å². The molecule has 0 aliphatic carbocycles. The van der Waals surface area contributed by atoms with Gasteiger partial charge in [-0.1, -0.05) is 60.7 Å². The second kappa shape index (κ2) is 8.51. The molecular weight excluding hydrogens is 377 g/mol. The summed E-state index contributed by atoms with van der Waals surface area (Å²) >= 11 is 0. The largest absolute Gasteiger partial charge is 0.298 e. The first-order chi connectivity index (χ1) is 14.2. The Bertz CT molecular complexity index is 999. The molecule has 0 aliphatic rings. The van der Waals surface area contributed by atoms with Crippen molar-refractivity contribution < 1.29 is 9.18 Å². The van der Waals surface area contributed by atoms with Gasteiger partial charge in [0.15, 0.2) is 6.29 Å². The SMILES string of the molecule is O=Cc1ccc(C[P+](c2ccccc2)(c2ccccc2)c2ccccc2)cc1[18F]. The fourth-order valence-electron chi connectivity index (χ4n) is 3.81. The Hall–Kier alpha value is -3.09. The zero-order chi connectivity index (χ0) is 20.1. The number of rotatable bonds is 6. The summed E-state index contributed by atoms with van der Waals surface area (Å²) in [6.07, 6.45) is 1.24. The van der Waals surface area contributed by atoms with E-state index in [-0.39, 0.29) is 5.56 Å². The maximum absolute atomic E-state index is 14.4. The summed E-state index contributed by atoms with van der Waals surface area (Å²) < 4.78 is 14.4. The van der Waals surface area contributed by atoms with Crippen molar-refractivity contribution in [3.05, 3.63) is 126 Å². The zero-order valence-electron chi connectivity index (χ0n) is 15.9. The molecule has 0 unspecified atom stereocenters. The molecule has 4 aromatic rings. The summed E-state index contributed by atoms with van der Waals surface area (Å²) in [5, 5.41) is 3.74. The monoisotopic (exact) mass is 398 g/mol. The van der Waals surface area contributed by atoms with E-state index in [0.29, 0.717) is 12.4 Å². The summed E-state index contributed by atoms with van der Waals surface area (Å²) in [4.78, 5) is 11.1. The van der Waals surface area contributed by atoms with Crippen LogP contribution in [0.1, 0.15) is 15.9 Å². The average molecular weight is 398 g/mol. The minimum absolute atomic E-state index is 0.0943. The van der Waals surface area contributed by atoms with Crippen molar-refractivity contribution >= 4 is 29.5 Å². The van der Waals surface area contributed by atoms with E-state index in [1.165, 1.54) is 22.0 Å². The predicted octanol–water partition coefficient (Wildman–Crippen LogP) is 5.13. The van der Waals surface area contributed by atoms with E-state index >= 15 is 0 Å². The highest BCUT2D eigenvalue weighted by Crippen LogP contribution is 2.58. The predicted molar refractivity (Wildman–Crippen MR) is 121 cm³/mol. The van der Waals surface area contributed by atoms with Crippen molar-refractivity contribution in [2.45, 2.75) is 6.16 Å². The van der Waals surface area contributed by atoms with Gasteiger partial charge in [-0.2, -0.15) is 0 Å². The molecule has 4 aromatic carbocycles. The van der Waals surface area contributed by atoms with Crippen LogP contribution in [0.25, 0.3) is 0 Å². The molecule has 1 nitrogen and oxygen atoms in total. The van der Waals surface area contributed by atoms with E-state index in [0.717, 1.165) is 5.56 Å². The van der Waals surface area contributed by atoms with Gasteiger partial charge in [0, 0.05) is 0 Å². The fourth-order valence-corrected chi connectivity index (χ4v) is 8.04. The van der Waals surface area contributed by atoms with Crippen LogP contribution in [-0.2, 0) is 6.16 Å². The number of aldehydes is 1. The molecular formula is C26H21FOP+. The van der Waals surface area contributed by atoms with Gasteiger partial charge in [-0.15, -0.1) is 0 Å². The number of halogens is 1. The summed E-state index contributed by atoms with van der Waals surface area (Å²) in [5.41, 5.74) is 0.981. The Morgan fingerprint density at radius 1 is 0.655 bits per heavy atom. The third-order valence-corrected chi connectivity index (χ3v) is 9.58. The van der Waals surface area contributed by atoms with Gasteiger partial charge >= 0.3 is 0 Å². The van der Waals surface area contributed by atoms with Crippen molar-refractivity contribution in [3.63, 3.8) is 0 Å². The quantitative estimate of drug-likeness (QED) is 0.325. The van der Waals surface area contributed by atoms with Crippen LogP contribution < -0.4 is 15.9 Å². The first kappa shape index (κ1) is 19.2. The number of carbonyl (C=O) groups is 1. The van der Waals surface area contributed by atoms with E-state index in [1.54, 1.807) is 6.07 Å². The van der Waals surface area contributed by atoms with E-state index in [2.05, 4.69) is 72.8 Å². The number of benzene rings is 4. The molecule has 3 heteroatoms. The highest BCUT2D eigenvalue weighted by atomic mass is 31.2. The van der Waals surface area contributed by atoms with Gasteiger partial charge in [0.25, 0.3) is 0 Å². The standard InChI is InChI=1S/C26H21FOP/c27-26-18-21(16-17-22(26)19-28)20-29(23-10-4-1-5-11-23,24-12-6-2-7-13-24)25-14-8-3-9-15-25/h1-19H,20H2/q+1/i27-1. The first-order valence-corrected chi connectivity index (χ1v) is 11.5. The highest BCUT2D eigenvalue weighted by molar-refractivity contribution is 7.95. The molecule has 0 radical (unpaired) electrons. The lowest BCUT2D eigenvalue weighted by Gasteiger charge is -2.28.